The minimum absolute atomic E-state index is 0.0350. The molecule has 4 unspecified atom stereocenters. The zero-order valence-corrected chi connectivity index (χ0v) is 8.63. The topological polar surface area (TPSA) is 9.23 Å². The third-order valence-electron chi connectivity index (χ3n) is 3.37. The minimum Gasteiger partial charge on any atom is -0.318 e. The fourth-order valence-corrected chi connectivity index (χ4v) is 2.42. The number of allylic oxidation sites excluding steroid dienone is 2. The molecule has 0 heterocycles. The quantitative estimate of drug-likeness (QED) is 0.661. The first-order valence-electron chi connectivity index (χ1n) is 5.33. The van der Waals surface area contributed by atoms with Crippen molar-refractivity contribution in [1.29, 1.82) is 0 Å². The Morgan fingerprint density at radius 1 is 1.40 bits per heavy atom. The molecule has 1 saturated carbocycles. The Balaban J connectivity index is 1.82. The second-order valence-corrected chi connectivity index (χ2v) is 4.53. The van der Waals surface area contributed by atoms with E-state index in [2.05, 4.69) is 16.9 Å². The van der Waals surface area contributed by atoms with Crippen LogP contribution in [0.15, 0.2) is 12.2 Å². The smallest absolute Gasteiger partial charge is 0.318 e. The van der Waals surface area contributed by atoms with Crippen molar-refractivity contribution in [2.45, 2.75) is 32.0 Å². The van der Waals surface area contributed by atoms with Gasteiger partial charge in [-0.2, -0.15) is 8.78 Å². The van der Waals surface area contributed by atoms with Crippen LogP contribution in [-0.2, 0) is 4.74 Å². The molecule has 2 aliphatic carbocycles. The van der Waals surface area contributed by atoms with Gasteiger partial charge in [0.15, 0.2) is 6.17 Å². The van der Waals surface area contributed by atoms with Gasteiger partial charge in [0.25, 0.3) is 0 Å². The lowest BCUT2D eigenvalue weighted by atomic mass is 9.95. The van der Waals surface area contributed by atoms with Crippen molar-refractivity contribution in [3.63, 3.8) is 0 Å². The van der Waals surface area contributed by atoms with Crippen LogP contribution in [0.25, 0.3) is 0 Å². The Kier molecular flexibility index (Phi) is 2.79. The lowest BCUT2D eigenvalue weighted by molar-refractivity contribution is -0.275. The molecule has 0 saturated heterocycles. The largest absolute Gasteiger partial charge is 0.386 e. The number of rotatable bonds is 4. The van der Waals surface area contributed by atoms with E-state index in [1.165, 1.54) is 0 Å². The number of hydrogen-bond acceptors (Lipinski definition) is 1. The Hall–Kier alpha value is -0.510. The highest BCUT2D eigenvalue weighted by Crippen LogP contribution is 2.44. The van der Waals surface area contributed by atoms with Gasteiger partial charge in [-0.05, 0) is 37.5 Å². The highest BCUT2D eigenvalue weighted by Gasteiger charge is 2.42. The first kappa shape index (κ1) is 11.0. The highest BCUT2D eigenvalue weighted by atomic mass is 19.3. The lowest BCUT2D eigenvalue weighted by Gasteiger charge is -2.23. The molecule has 0 aromatic rings. The summed E-state index contributed by atoms with van der Waals surface area (Å²) >= 11 is 0. The van der Waals surface area contributed by atoms with E-state index in [4.69, 9.17) is 0 Å². The summed E-state index contributed by atoms with van der Waals surface area (Å²) in [6, 6.07) is 0. The predicted molar refractivity (Wildman–Crippen MR) is 50.3 cm³/mol. The zero-order valence-electron chi connectivity index (χ0n) is 8.63. The summed E-state index contributed by atoms with van der Waals surface area (Å²) in [6.07, 6.45) is 0.275. The molecule has 2 aliphatic rings. The molecule has 0 aromatic heterocycles. The van der Waals surface area contributed by atoms with Gasteiger partial charge < -0.3 is 4.74 Å². The molecule has 1 nitrogen and oxygen atoms in total. The SMILES string of the molecule is CC(F)C(F)(F)OCC1CC2C=CC1C2. The first-order chi connectivity index (χ1) is 6.99. The Labute approximate surface area is 87.3 Å². The monoisotopic (exact) mass is 220 g/mol. The van der Waals surface area contributed by atoms with E-state index in [0.29, 0.717) is 11.8 Å². The molecule has 2 bridgehead atoms. The maximum Gasteiger partial charge on any atom is 0.386 e. The summed E-state index contributed by atoms with van der Waals surface area (Å²) in [5.41, 5.74) is 0. The molecule has 0 aromatic carbocycles. The van der Waals surface area contributed by atoms with Gasteiger partial charge in [0, 0.05) is 0 Å². The van der Waals surface area contributed by atoms with E-state index in [1.54, 1.807) is 0 Å². The van der Waals surface area contributed by atoms with E-state index in [9.17, 15) is 13.2 Å². The predicted octanol–water partition coefficient (Wildman–Crippen LogP) is 3.17. The molecule has 86 valence electrons. The van der Waals surface area contributed by atoms with E-state index >= 15 is 0 Å². The van der Waals surface area contributed by atoms with Gasteiger partial charge in [-0.1, -0.05) is 12.2 Å². The van der Waals surface area contributed by atoms with Crippen LogP contribution in [0, 0.1) is 17.8 Å². The zero-order chi connectivity index (χ0) is 11.1. The van der Waals surface area contributed by atoms with Crippen molar-refractivity contribution in [2.75, 3.05) is 6.61 Å². The molecule has 0 aliphatic heterocycles. The van der Waals surface area contributed by atoms with Gasteiger partial charge in [0.1, 0.15) is 0 Å². The van der Waals surface area contributed by atoms with Gasteiger partial charge in [-0.3, -0.25) is 0 Å². The van der Waals surface area contributed by atoms with Crippen LogP contribution in [0.4, 0.5) is 13.2 Å². The van der Waals surface area contributed by atoms with Crippen LogP contribution in [-0.4, -0.2) is 18.9 Å². The van der Waals surface area contributed by atoms with Crippen molar-refractivity contribution < 1.29 is 17.9 Å². The average Bonchev–Trinajstić information content (AvgIpc) is 2.75. The average molecular weight is 220 g/mol. The third kappa shape index (κ3) is 2.19. The summed E-state index contributed by atoms with van der Waals surface area (Å²) in [4.78, 5) is 0. The summed E-state index contributed by atoms with van der Waals surface area (Å²) in [7, 11) is 0. The molecule has 0 amide bonds. The van der Waals surface area contributed by atoms with Crippen molar-refractivity contribution >= 4 is 0 Å². The number of ether oxygens (including phenoxy) is 1. The summed E-state index contributed by atoms with van der Waals surface area (Å²) in [5.74, 6) is 1.03. The number of alkyl halides is 3. The Morgan fingerprint density at radius 3 is 2.60 bits per heavy atom. The normalized spacial score (nSPS) is 36.1. The summed E-state index contributed by atoms with van der Waals surface area (Å²) in [5, 5.41) is 0. The molecule has 15 heavy (non-hydrogen) atoms. The van der Waals surface area contributed by atoms with E-state index in [0.717, 1.165) is 19.8 Å². The van der Waals surface area contributed by atoms with Crippen molar-refractivity contribution in [1.82, 2.24) is 0 Å². The van der Waals surface area contributed by atoms with Crippen molar-refractivity contribution in [3.8, 4) is 0 Å². The van der Waals surface area contributed by atoms with Crippen LogP contribution in [0.5, 0.6) is 0 Å². The maximum absolute atomic E-state index is 12.8. The number of hydrogen-bond donors (Lipinski definition) is 0. The molecular formula is C11H15F3O. The van der Waals surface area contributed by atoms with Gasteiger partial charge in [-0.25, -0.2) is 4.39 Å². The fourth-order valence-electron chi connectivity index (χ4n) is 2.42. The Bertz CT molecular complexity index is 263. The number of fused-ring (bicyclic) bond motifs is 2. The second-order valence-electron chi connectivity index (χ2n) is 4.53. The van der Waals surface area contributed by atoms with Gasteiger partial charge in [0.2, 0.25) is 0 Å². The van der Waals surface area contributed by atoms with Crippen molar-refractivity contribution in [2.24, 2.45) is 17.8 Å². The summed E-state index contributed by atoms with van der Waals surface area (Å²) in [6.45, 7) is 0.785. The molecular weight excluding hydrogens is 205 g/mol. The maximum atomic E-state index is 12.8. The van der Waals surface area contributed by atoms with Gasteiger partial charge in [0.05, 0.1) is 6.61 Å². The molecule has 0 radical (unpaired) electrons. The van der Waals surface area contributed by atoms with Crippen molar-refractivity contribution in [3.05, 3.63) is 12.2 Å². The van der Waals surface area contributed by atoms with Gasteiger partial charge >= 0.3 is 6.11 Å². The molecule has 2 rings (SSSR count). The molecule has 0 N–H and O–H groups in total. The fraction of sp³-hybridized carbons (Fsp3) is 0.818. The molecule has 4 atom stereocenters. The van der Waals surface area contributed by atoms with Crippen LogP contribution in [0.2, 0.25) is 0 Å². The van der Waals surface area contributed by atoms with E-state index < -0.39 is 12.3 Å². The van der Waals surface area contributed by atoms with E-state index in [-0.39, 0.29) is 12.5 Å². The van der Waals surface area contributed by atoms with Gasteiger partial charge in [-0.15, -0.1) is 0 Å². The summed E-state index contributed by atoms with van der Waals surface area (Å²) < 4.78 is 42.5. The molecule has 0 spiro atoms. The van der Waals surface area contributed by atoms with Crippen LogP contribution >= 0.6 is 0 Å². The highest BCUT2D eigenvalue weighted by molar-refractivity contribution is 5.10. The molecule has 4 heteroatoms. The third-order valence-corrected chi connectivity index (χ3v) is 3.37. The van der Waals surface area contributed by atoms with Crippen LogP contribution in [0.1, 0.15) is 19.8 Å². The number of halogens is 3. The Morgan fingerprint density at radius 2 is 2.13 bits per heavy atom. The lowest BCUT2D eigenvalue weighted by Crippen LogP contribution is -2.33. The first-order valence-corrected chi connectivity index (χ1v) is 5.33. The second kappa shape index (κ2) is 3.81. The van der Waals surface area contributed by atoms with E-state index in [1.807, 2.05) is 0 Å². The minimum atomic E-state index is -3.63. The van der Waals surface area contributed by atoms with Crippen LogP contribution < -0.4 is 0 Å². The standard InChI is InChI=1S/C11H15F3O/c1-7(12)11(13,14)15-6-10-5-8-2-3-9(10)4-8/h2-3,7-10H,4-6H2,1H3. The molecule has 1 fully saturated rings. The van der Waals surface area contributed by atoms with Crippen LogP contribution in [0.3, 0.4) is 0 Å².